The van der Waals surface area contributed by atoms with E-state index in [9.17, 15) is 9.90 Å². The Hall–Kier alpha value is -0.410. The third-order valence-corrected chi connectivity index (χ3v) is 3.37. The molecule has 74 valence electrons. The predicted molar refractivity (Wildman–Crippen MR) is 47.0 cm³/mol. The summed E-state index contributed by atoms with van der Waals surface area (Å²) in [6, 6.07) is 0. The van der Waals surface area contributed by atoms with Gasteiger partial charge in [-0.25, -0.2) is 0 Å². The highest BCUT2D eigenvalue weighted by Gasteiger charge is 2.61. The van der Waals surface area contributed by atoms with Crippen molar-refractivity contribution in [3.05, 3.63) is 0 Å². The van der Waals surface area contributed by atoms with Crippen LogP contribution in [-0.4, -0.2) is 22.8 Å². The van der Waals surface area contributed by atoms with E-state index in [4.69, 9.17) is 4.74 Å². The quantitative estimate of drug-likeness (QED) is 0.613. The minimum atomic E-state index is -0.704. The molecule has 0 aromatic rings. The Labute approximate surface area is 78.1 Å². The van der Waals surface area contributed by atoms with E-state index in [1.807, 2.05) is 13.8 Å². The Morgan fingerprint density at radius 2 is 2.08 bits per heavy atom. The number of aliphatic hydroxyl groups is 1. The molecule has 3 nitrogen and oxygen atoms in total. The van der Waals surface area contributed by atoms with Gasteiger partial charge in [-0.15, -0.1) is 0 Å². The first-order chi connectivity index (χ1) is 5.85. The minimum absolute atomic E-state index is 0.0246. The van der Waals surface area contributed by atoms with Crippen LogP contribution in [0.3, 0.4) is 0 Å². The highest BCUT2D eigenvalue weighted by atomic mass is 16.6. The van der Waals surface area contributed by atoms with Crippen LogP contribution in [0.1, 0.15) is 33.6 Å². The van der Waals surface area contributed by atoms with E-state index >= 15 is 0 Å². The summed E-state index contributed by atoms with van der Waals surface area (Å²) >= 11 is 0. The molecule has 1 saturated heterocycles. The van der Waals surface area contributed by atoms with E-state index in [0.29, 0.717) is 12.8 Å². The first-order valence-electron chi connectivity index (χ1n) is 4.74. The zero-order valence-corrected chi connectivity index (χ0v) is 8.33. The molecule has 2 fully saturated rings. The van der Waals surface area contributed by atoms with E-state index in [-0.39, 0.29) is 17.1 Å². The van der Waals surface area contributed by atoms with Gasteiger partial charge in [-0.1, -0.05) is 6.92 Å². The zero-order valence-electron chi connectivity index (χ0n) is 8.33. The summed E-state index contributed by atoms with van der Waals surface area (Å²) in [7, 11) is 0. The van der Waals surface area contributed by atoms with Gasteiger partial charge in [0.15, 0.2) is 6.29 Å². The van der Waals surface area contributed by atoms with Crippen molar-refractivity contribution in [1.82, 2.24) is 0 Å². The number of fused-ring (bicyclic) bond motifs is 1. The Morgan fingerprint density at radius 1 is 1.46 bits per heavy atom. The van der Waals surface area contributed by atoms with Crippen molar-refractivity contribution < 1.29 is 14.6 Å². The second-order valence-electron chi connectivity index (χ2n) is 5.11. The normalized spacial score (nSPS) is 48.2. The van der Waals surface area contributed by atoms with Crippen molar-refractivity contribution in [2.75, 3.05) is 0 Å². The fourth-order valence-corrected chi connectivity index (χ4v) is 3.14. The Balaban J connectivity index is 2.29. The van der Waals surface area contributed by atoms with Crippen molar-refractivity contribution >= 4 is 5.78 Å². The van der Waals surface area contributed by atoms with E-state index in [2.05, 4.69) is 6.92 Å². The van der Waals surface area contributed by atoms with Crippen LogP contribution in [0.5, 0.6) is 0 Å². The number of rotatable bonds is 0. The smallest absolute Gasteiger partial charge is 0.155 e. The lowest BCUT2D eigenvalue weighted by Crippen LogP contribution is -2.63. The molecule has 0 aromatic carbocycles. The van der Waals surface area contributed by atoms with Crippen molar-refractivity contribution in [3.63, 3.8) is 0 Å². The monoisotopic (exact) mass is 184 g/mol. The minimum Gasteiger partial charge on any atom is -0.368 e. The van der Waals surface area contributed by atoms with E-state index in [1.54, 1.807) is 0 Å². The zero-order chi connectivity index (χ0) is 9.85. The average molecular weight is 184 g/mol. The summed E-state index contributed by atoms with van der Waals surface area (Å²) in [6.07, 6.45) is 0.485. The standard InChI is InChI=1S/C10H16O3/c1-9(2)8-6(11)4-10(8,3)5-7(12)13-9/h7-8,12H,4-5H2,1-3H3. The second-order valence-corrected chi connectivity index (χ2v) is 5.11. The molecule has 1 heterocycles. The van der Waals surface area contributed by atoms with Crippen molar-refractivity contribution in [2.45, 2.75) is 45.5 Å². The Morgan fingerprint density at radius 3 is 2.54 bits per heavy atom. The van der Waals surface area contributed by atoms with Gasteiger partial charge in [0.2, 0.25) is 0 Å². The molecule has 1 aliphatic carbocycles. The number of hydrogen-bond acceptors (Lipinski definition) is 3. The van der Waals surface area contributed by atoms with Crippen molar-refractivity contribution in [1.29, 1.82) is 0 Å². The molecule has 0 bridgehead atoms. The third-order valence-electron chi connectivity index (χ3n) is 3.37. The molecule has 1 saturated carbocycles. The van der Waals surface area contributed by atoms with Gasteiger partial charge in [-0.05, 0) is 19.3 Å². The summed E-state index contributed by atoms with van der Waals surface area (Å²) in [5, 5.41) is 9.48. The largest absolute Gasteiger partial charge is 0.368 e. The fourth-order valence-electron chi connectivity index (χ4n) is 3.14. The van der Waals surface area contributed by atoms with Crippen LogP contribution < -0.4 is 0 Å². The first-order valence-corrected chi connectivity index (χ1v) is 4.74. The number of Topliss-reactive ketones (excluding diaryl/α,β-unsaturated/α-hetero) is 1. The maximum Gasteiger partial charge on any atom is 0.155 e. The molecule has 0 aromatic heterocycles. The highest BCUT2D eigenvalue weighted by molar-refractivity contribution is 5.90. The molecule has 13 heavy (non-hydrogen) atoms. The van der Waals surface area contributed by atoms with Crippen molar-refractivity contribution in [3.8, 4) is 0 Å². The van der Waals surface area contributed by atoms with E-state index in [0.717, 1.165) is 0 Å². The van der Waals surface area contributed by atoms with Crippen LogP contribution in [-0.2, 0) is 9.53 Å². The van der Waals surface area contributed by atoms with Crippen molar-refractivity contribution in [2.24, 2.45) is 11.3 Å². The Kier molecular flexibility index (Phi) is 1.65. The molecule has 0 spiro atoms. The van der Waals surface area contributed by atoms with Gasteiger partial charge >= 0.3 is 0 Å². The first kappa shape index (κ1) is 9.16. The van der Waals surface area contributed by atoms with Crippen LogP contribution in [0.15, 0.2) is 0 Å². The van der Waals surface area contributed by atoms with Gasteiger partial charge in [0, 0.05) is 12.8 Å². The molecule has 0 amide bonds. The molecule has 1 N–H and O–H groups in total. The molecule has 2 aliphatic rings. The average Bonchev–Trinajstić information content (AvgIpc) is 1.77. The Bertz CT molecular complexity index is 245. The fraction of sp³-hybridized carbons (Fsp3) is 0.900. The van der Waals surface area contributed by atoms with E-state index in [1.165, 1.54) is 0 Å². The van der Waals surface area contributed by atoms with Crippen LogP contribution in [0.2, 0.25) is 0 Å². The van der Waals surface area contributed by atoms with Crippen LogP contribution in [0.4, 0.5) is 0 Å². The lowest BCUT2D eigenvalue weighted by atomic mass is 9.52. The molecule has 2 rings (SSSR count). The number of carbonyl (C=O) groups is 1. The molecule has 0 radical (unpaired) electrons. The summed E-state index contributed by atoms with van der Waals surface area (Å²) in [6.45, 7) is 5.83. The molecular weight excluding hydrogens is 168 g/mol. The maximum absolute atomic E-state index is 11.4. The lowest BCUT2D eigenvalue weighted by Gasteiger charge is -2.57. The molecule has 1 aliphatic heterocycles. The van der Waals surface area contributed by atoms with Gasteiger partial charge in [0.25, 0.3) is 0 Å². The van der Waals surface area contributed by atoms with E-state index < -0.39 is 11.9 Å². The highest BCUT2D eigenvalue weighted by Crippen LogP contribution is 2.56. The summed E-state index contributed by atoms with van der Waals surface area (Å²) in [5.74, 6) is 0.253. The number of ether oxygens (including phenoxy) is 1. The molecular formula is C10H16O3. The number of ketones is 1. The summed E-state index contributed by atoms with van der Waals surface area (Å²) < 4.78 is 5.38. The SMILES string of the molecule is CC12CC(=O)C1C(C)(C)OC(O)C2. The predicted octanol–water partition coefficient (Wildman–Crippen LogP) is 1.10. The molecule has 3 unspecified atom stereocenters. The lowest BCUT2D eigenvalue weighted by molar-refractivity contribution is -0.271. The van der Waals surface area contributed by atoms with Crippen LogP contribution >= 0.6 is 0 Å². The van der Waals surface area contributed by atoms with Gasteiger partial charge < -0.3 is 9.84 Å². The summed E-state index contributed by atoms with van der Waals surface area (Å²) in [4.78, 5) is 11.4. The number of aliphatic hydroxyl groups excluding tert-OH is 1. The van der Waals surface area contributed by atoms with Crippen LogP contribution in [0.25, 0.3) is 0 Å². The molecule has 3 heteroatoms. The van der Waals surface area contributed by atoms with Gasteiger partial charge in [0.05, 0.1) is 11.5 Å². The summed E-state index contributed by atoms with van der Waals surface area (Å²) in [5.41, 5.74) is -0.528. The van der Waals surface area contributed by atoms with Gasteiger partial charge in [-0.2, -0.15) is 0 Å². The number of carbonyl (C=O) groups excluding carboxylic acids is 1. The third kappa shape index (κ3) is 1.14. The number of hydrogen-bond donors (Lipinski definition) is 1. The second kappa shape index (κ2) is 2.34. The maximum atomic E-state index is 11.4. The topological polar surface area (TPSA) is 46.5 Å². The van der Waals surface area contributed by atoms with Gasteiger partial charge in [-0.3, -0.25) is 4.79 Å². The van der Waals surface area contributed by atoms with Crippen LogP contribution in [0, 0.1) is 11.3 Å². The molecule has 3 atom stereocenters. The van der Waals surface area contributed by atoms with Gasteiger partial charge in [0.1, 0.15) is 5.78 Å².